The van der Waals surface area contributed by atoms with Crippen molar-refractivity contribution < 1.29 is 13.5 Å². The number of nitrogens with two attached hydrogens (primary N) is 1. The first-order chi connectivity index (χ1) is 6.50. The van der Waals surface area contributed by atoms with Crippen LogP contribution in [-0.4, -0.2) is 18.5 Å². The number of methoxy groups -OCH3 is 1. The number of hydrogen-bond donors (Lipinski definition) is 1. The maximum Gasteiger partial charge on any atom is 0.261 e. The molecule has 0 aromatic carbocycles. The van der Waals surface area contributed by atoms with Crippen LogP contribution in [0.5, 0.6) is 5.75 Å². The lowest BCUT2D eigenvalue weighted by Crippen LogP contribution is -2.41. The highest BCUT2D eigenvalue weighted by Crippen LogP contribution is 2.30. The number of nitrogens with zero attached hydrogens (tertiary/aromatic N) is 1. The average molecular weight is 202 g/mol. The molecule has 2 N–H and O–H groups in total. The molecule has 1 heterocycles. The molecule has 1 unspecified atom stereocenters. The predicted octanol–water partition coefficient (Wildman–Crippen LogP) is 1.53. The third kappa shape index (κ3) is 1.82. The molecule has 0 saturated carbocycles. The summed E-state index contributed by atoms with van der Waals surface area (Å²) in [6, 6.07) is 3.15. The van der Waals surface area contributed by atoms with Crippen molar-refractivity contribution in [1.82, 2.24) is 4.98 Å². The molecule has 1 aromatic rings. The van der Waals surface area contributed by atoms with Gasteiger partial charge in [-0.15, -0.1) is 0 Å². The highest BCUT2D eigenvalue weighted by molar-refractivity contribution is 5.32. The van der Waals surface area contributed by atoms with Crippen LogP contribution in [-0.2, 0) is 5.54 Å². The van der Waals surface area contributed by atoms with Gasteiger partial charge >= 0.3 is 0 Å². The molecule has 78 valence electrons. The smallest absolute Gasteiger partial charge is 0.261 e. The second-order valence-corrected chi connectivity index (χ2v) is 3.14. The number of rotatable bonds is 3. The van der Waals surface area contributed by atoms with Gasteiger partial charge in [-0.2, -0.15) is 0 Å². The third-order valence-electron chi connectivity index (χ3n) is 1.95. The zero-order valence-corrected chi connectivity index (χ0v) is 8.00. The molecule has 0 fully saturated rings. The fourth-order valence-electron chi connectivity index (χ4n) is 1.06. The first kappa shape index (κ1) is 10.8. The van der Waals surface area contributed by atoms with Crippen LogP contribution in [0.3, 0.4) is 0 Å². The van der Waals surface area contributed by atoms with Crippen LogP contribution in [0.2, 0.25) is 0 Å². The van der Waals surface area contributed by atoms with Gasteiger partial charge in [0.15, 0.2) is 0 Å². The number of hydrogen-bond acceptors (Lipinski definition) is 3. The molecule has 0 spiro atoms. The molecule has 0 saturated heterocycles. The Bertz CT molecular complexity index is 315. The molecule has 1 rings (SSSR count). The lowest BCUT2D eigenvalue weighted by atomic mass is 9.98. The topological polar surface area (TPSA) is 48.1 Å². The maximum atomic E-state index is 12.6. The molecule has 1 atom stereocenters. The third-order valence-corrected chi connectivity index (χ3v) is 1.95. The van der Waals surface area contributed by atoms with Crippen LogP contribution in [0, 0.1) is 0 Å². The molecule has 0 aliphatic carbocycles. The van der Waals surface area contributed by atoms with Gasteiger partial charge in [-0.05, 0) is 19.1 Å². The minimum absolute atomic E-state index is 0.0671. The van der Waals surface area contributed by atoms with Crippen molar-refractivity contribution in [3.63, 3.8) is 0 Å². The van der Waals surface area contributed by atoms with E-state index in [4.69, 9.17) is 10.5 Å². The Morgan fingerprint density at radius 3 is 2.71 bits per heavy atom. The molecule has 0 aliphatic rings. The van der Waals surface area contributed by atoms with Crippen molar-refractivity contribution in [1.29, 1.82) is 0 Å². The fraction of sp³-hybridized carbons (Fsp3) is 0.444. The van der Waals surface area contributed by atoms with Gasteiger partial charge in [-0.3, -0.25) is 4.98 Å². The second kappa shape index (κ2) is 3.88. The first-order valence-electron chi connectivity index (χ1n) is 4.06. The van der Waals surface area contributed by atoms with E-state index in [1.807, 2.05) is 0 Å². The van der Waals surface area contributed by atoms with Crippen molar-refractivity contribution in [2.75, 3.05) is 7.11 Å². The monoisotopic (exact) mass is 202 g/mol. The normalized spacial score (nSPS) is 15.3. The molecule has 1 aromatic heterocycles. The quantitative estimate of drug-likeness (QED) is 0.808. The molecule has 5 heteroatoms. The van der Waals surface area contributed by atoms with E-state index in [1.54, 1.807) is 12.1 Å². The summed E-state index contributed by atoms with van der Waals surface area (Å²) >= 11 is 0. The van der Waals surface area contributed by atoms with Crippen LogP contribution in [0.25, 0.3) is 0 Å². The Labute approximate surface area is 80.9 Å². The number of ether oxygens (including phenoxy) is 1. The van der Waals surface area contributed by atoms with E-state index in [2.05, 4.69) is 4.98 Å². The maximum absolute atomic E-state index is 12.6. The highest BCUT2D eigenvalue weighted by atomic mass is 19.3. The van der Waals surface area contributed by atoms with Gasteiger partial charge < -0.3 is 10.5 Å². The molecule has 0 aliphatic heterocycles. The number of alkyl halides is 2. The Morgan fingerprint density at radius 1 is 1.57 bits per heavy atom. The van der Waals surface area contributed by atoms with Crippen molar-refractivity contribution >= 4 is 0 Å². The van der Waals surface area contributed by atoms with Crippen LogP contribution in [0.1, 0.15) is 12.6 Å². The minimum atomic E-state index is -2.69. The van der Waals surface area contributed by atoms with Crippen LogP contribution < -0.4 is 10.5 Å². The summed E-state index contributed by atoms with van der Waals surface area (Å²) in [5, 5.41) is 0. The number of aromatic nitrogens is 1. The molecular formula is C9H12F2N2O. The number of halogens is 2. The lowest BCUT2D eigenvalue weighted by molar-refractivity contribution is 0.0586. The van der Waals surface area contributed by atoms with Gasteiger partial charge in [0.25, 0.3) is 6.43 Å². The van der Waals surface area contributed by atoms with Crippen LogP contribution in [0.15, 0.2) is 18.3 Å². The first-order valence-corrected chi connectivity index (χ1v) is 4.06. The predicted molar refractivity (Wildman–Crippen MR) is 48.3 cm³/mol. The molecule has 0 bridgehead atoms. The van der Waals surface area contributed by atoms with Crippen molar-refractivity contribution in [3.05, 3.63) is 24.0 Å². The Balaban J connectivity index is 3.17. The zero-order chi connectivity index (χ0) is 10.8. The largest absolute Gasteiger partial charge is 0.495 e. The highest BCUT2D eigenvalue weighted by Gasteiger charge is 2.36. The Hall–Kier alpha value is -1.23. The summed E-state index contributed by atoms with van der Waals surface area (Å²) < 4.78 is 30.1. The fourth-order valence-corrected chi connectivity index (χ4v) is 1.06. The van der Waals surface area contributed by atoms with Crippen LogP contribution >= 0.6 is 0 Å². The average Bonchev–Trinajstić information content (AvgIpc) is 2.17. The van der Waals surface area contributed by atoms with E-state index in [0.29, 0.717) is 0 Å². The molecule has 0 radical (unpaired) electrons. The van der Waals surface area contributed by atoms with Gasteiger partial charge in [0, 0.05) is 6.20 Å². The van der Waals surface area contributed by atoms with Gasteiger partial charge in [-0.25, -0.2) is 8.78 Å². The summed E-state index contributed by atoms with van der Waals surface area (Å²) in [7, 11) is 1.39. The molecular weight excluding hydrogens is 190 g/mol. The lowest BCUT2D eigenvalue weighted by Gasteiger charge is -2.24. The molecule has 0 amide bonds. The van der Waals surface area contributed by atoms with E-state index in [-0.39, 0.29) is 11.4 Å². The van der Waals surface area contributed by atoms with Gasteiger partial charge in [-0.1, -0.05) is 0 Å². The van der Waals surface area contributed by atoms with E-state index in [9.17, 15) is 8.78 Å². The second-order valence-electron chi connectivity index (χ2n) is 3.14. The van der Waals surface area contributed by atoms with E-state index in [1.165, 1.54) is 20.2 Å². The summed E-state index contributed by atoms with van der Waals surface area (Å²) in [4.78, 5) is 3.81. The van der Waals surface area contributed by atoms with E-state index >= 15 is 0 Å². The summed E-state index contributed by atoms with van der Waals surface area (Å²) in [6.45, 7) is 1.22. The van der Waals surface area contributed by atoms with Crippen molar-refractivity contribution in [2.24, 2.45) is 5.73 Å². The number of pyridine rings is 1. The zero-order valence-electron chi connectivity index (χ0n) is 8.00. The standard InChI is InChI=1S/C9H12F2N2O/c1-9(12,8(10)11)7-6(14-2)4-3-5-13-7/h3-5,8H,12H2,1-2H3. The molecule has 3 nitrogen and oxygen atoms in total. The van der Waals surface area contributed by atoms with E-state index in [0.717, 1.165) is 0 Å². The van der Waals surface area contributed by atoms with Gasteiger partial charge in [0.05, 0.1) is 7.11 Å². The Morgan fingerprint density at radius 2 is 2.21 bits per heavy atom. The van der Waals surface area contributed by atoms with Gasteiger partial charge in [0.2, 0.25) is 0 Å². The van der Waals surface area contributed by atoms with Crippen LogP contribution in [0.4, 0.5) is 8.78 Å². The minimum Gasteiger partial charge on any atom is -0.495 e. The Kier molecular flexibility index (Phi) is 3.00. The van der Waals surface area contributed by atoms with Crippen molar-refractivity contribution in [2.45, 2.75) is 18.9 Å². The van der Waals surface area contributed by atoms with Crippen molar-refractivity contribution in [3.8, 4) is 5.75 Å². The van der Waals surface area contributed by atoms with Gasteiger partial charge in [0.1, 0.15) is 17.0 Å². The summed E-state index contributed by atoms with van der Waals surface area (Å²) in [5.41, 5.74) is 3.75. The molecule has 14 heavy (non-hydrogen) atoms. The SMILES string of the molecule is COc1cccnc1C(C)(N)C(F)F. The summed E-state index contributed by atoms with van der Waals surface area (Å²) in [6.07, 6.45) is -1.28. The van der Waals surface area contributed by atoms with E-state index < -0.39 is 12.0 Å². The summed E-state index contributed by atoms with van der Waals surface area (Å²) in [5.74, 6) is 0.276.